The van der Waals surface area contributed by atoms with E-state index in [0.29, 0.717) is 18.0 Å². The summed E-state index contributed by atoms with van der Waals surface area (Å²) < 4.78 is 0. The number of para-hydroxylation sites is 1. The van der Waals surface area contributed by atoms with E-state index in [1.165, 1.54) is 0 Å². The molecule has 0 heterocycles. The molecule has 1 aromatic carbocycles. The molecule has 1 aromatic rings. The van der Waals surface area contributed by atoms with Gasteiger partial charge in [0.2, 0.25) is 0 Å². The van der Waals surface area contributed by atoms with Crippen LogP contribution in [0.3, 0.4) is 0 Å². The minimum absolute atomic E-state index is 0.177. The zero-order valence-electron chi connectivity index (χ0n) is 13.6. The van der Waals surface area contributed by atoms with Crippen molar-refractivity contribution >= 4 is 17.5 Å². The van der Waals surface area contributed by atoms with Gasteiger partial charge in [0.15, 0.2) is 0 Å². The highest BCUT2D eigenvalue weighted by molar-refractivity contribution is 6.39. The Bertz CT molecular complexity index is 500. The minimum Gasteiger partial charge on any atom is -0.394 e. The second kappa shape index (κ2) is 9.20. The summed E-state index contributed by atoms with van der Waals surface area (Å²) in [7, 11) is 0. The molecule has 1 unspecified atom stereocenters. The Morgan fingerprint density at radius 3 is 2.45 bits per heavy atom. The molecule has 0 aliphatic carbocycles. The molecule has 5 nitrogen and oxygen atoms in total. The maximum atomic E-state index is 12.0. The van der Waals surface area contributed by atoms with Crippen LogP contribution in [0.1, 0.15) is 39.2 Å². The smallest absolute Gasteiger partial charge is 0.313 e. The molecule has 0 radical (unpaired) electrons. The molecule has 0 aliphatic heterocycles. The van der Waals surface area contributed by atoms with Crippen molar-refractivity contribution in [3.05, 3.63) is 29.8 Å². The fourth-order valence-corrected chi connectivity index (χ4v) is 2.31. The summed E-state index contributed by atoms with van der Waals surface area (Å²) in [5, 5.41) is 14.5. The largest absolute Gasteiger partial charge is 0.394 e. The van der Waals surface area contributed by atoms with E-state index in [4.69, 9.17) is 0 Å². The molecule has 1 atom stereocenters. The lowest BCUT2D eigenvalue weighted by molar-refractivity contribution is -0.136. The lowest BCUT2D eigenvalue weighted by Crippen LogP contribution is -2.44. The van der Waals surface area contributed by atoms with Crippen LogP contribution >= 0.6 is 0 Å². The van der Waals surface area contributed by atoms with Gasteiger partial charge in [0.05, 0.1) is 12.6 Å². The molecule has 122 valence electrons. The van der Waals surface area contributed by atoms with Crippen molar-refractivity contribution in [1.29, 1.82) is 0 Å². The molecular weight excluding hydrogens is 280 g/mol. The summed E-state index contributed by atoms with van der Waals surface area (Å²) in [6.07, 6.45) is 2.42. The monoisotopic (exact) mass is 306 g/mol. The van der Waals surface area contributed by atoms with Crippen molar-refractivity contribution in [3.63, 3.8) is 0 Å². The molecule has 22 heavy (non-hydrogen) atoms. The minimum atomic E-state index is -0.717. The first-order chi connectivity index (χ1) is 10.5. The number of rotatable bonds is 7. The summed E-state index contributed by atoms with van der Waals surface area (Å²) in [6, 6.07) is 7.05. The fourth-order valence-electron chi connectivity index (χ4n) is 2.31. The Balaban J connectivity index is 2.66. The number of aryl methyl sites for hydroxylation is 1. The van der Waals surface area contributed by atoms with E-state index in [-0.39, 0.29) is 6.61 Å². The van der Waals surface area contributed by atoms with Crippen molar-refractivity contribution in [2.24, 2.45) is 5.92 Å². The first kappa shape index (κ1) is 18.2. The van der Waals surface area contributed by atoms with Crippen molar-refractivity contribution < 1.29 is 14.7 Å². The van der Waals surface area contributed by atoms with Gasteiger partial charge in [-0.1, -0.05) is 45.4 Å². The highest BCUT2D eigenvalue weighted by Crippen LogP contribution is 2.16. The van der Waals surface area contributed by atoms with E-state index in [2.05, 4.69) is 17.6 Å². The average molecular weight is 306 g/mol. The number of nitrogens with one attached hydrogen (secondary N) is 2. The van der Waals surface area contributed by atoms with Crippen LogP contribution in [0.15, 0.2) is 24.3 Å². The van der Waals surface area contributed by atoms with Gasteiger partial charge in [0.25, 0.3) is 0 Å². The molecule has 0 saturated carbocycles. The van der Waals surface area contributed by atoms with Crippen LogP contribution in [0.25, 0.3) is 0 Å². The van der Waals surface area contributed by atoms with Gasteiger partial charge in [0.1, 0.15) is 0 Å². The third-order valence-corrected chi connectivity index (χ3v) is 3.30. The molecule has 0 saturated heterocycles. The molecule has 0 aromatic heterocycles. The number of aliphatic hydroxyl groups excluding tert-OH is 1. The van der Waals surface area contributed by atoms with Gasteiger partial charge in [-0.3, -0.25) is 9.59 Å². The average Bonchev–Trinajstić information content (AvgIpc) is 2.48. The highest BCUT2D eigenvalue weighted by Gasteiger charge is 2.19. The molecule has 0 fully saturated rings. The SMILES string of the molecule is CCCc1ccccc1NC(=O)C(=O)NC(CO)CC(C)C. The second-order valence-electron chi connectivity index (χ2n) is 5.84. The van der Waals surface area contributed by atoms with E-state index >= 15 is 0 Å². The number of benzene rings is 1. The Morgan fingerprint density at radius 1 is 1.18 bits per heavy atom. The predicted octanol–water partition coefficient (Wildman–Crippen LogP) is 2.10. The molecule has 1 rings (SSSR count). The number of hydrogen-bond acceptors (Lipinski definition) is 3. The molecule has 0 spiro atoms. The first-order valence-electron chi connectivity index (χ1n) is 7.78. The maximum absolute atomic E-state index is 12.0. The normalized spacial score (nSPS) is 12.0. The van der Waals surface area contributed by atoms with Gasteiger partial charge < -0.3 is 15.7 Å². The topological polar surface area (TPSA) is 78.4 Å². The van der Waals surface area contributed by atoms with E-state index in [1.807, 2.05) is 32.0 Å². The summed E-state index contributed by atoms with van der Waals surface area (Å²) in [6.45, 7) is 5.87. The van der Waals surface area contributed by atoms with Gasteiger partial charge in [-0.2, -0.15) is 0 Å². The molecule has 5 heteroatoms. The highest BCUT2D eigenvalue weighted by atomic mass is 16.3. The van der Waals surface area contributed by atoms with Gasteiger partial charge >= 0.3 is 11.8 Å². The van der Waals surface area contributed by atoms with Gasteiger partial charge in [-0.15, -0.1) is 0 Å². The molecule has 2 amide bonds. The Labute approximate surface area is 132 Å². The maximum Gasteiger partial charge on any atom is 0.313 e. The Kier molecular flexibility index (Phi) is 7.60. The Morgan fingerprint density at radius 2 is 1.86 bits per heavy atom. The van der Waals surface area contributed by atoms with E-state index < -0.39 is 17.9 Å². The van der Waals surface area contributed by atoms with Crippen LogP contribution in [0.2, 0.25) is 0 Å². The predicted molar refractivity (Wildman–Crippen MR) is 87.5 cm³/mol. The van der Waals surface area contributed by atoms with Crippen LogP contribution in [0.4, 0.5) is 5.69 Å². The lowest BCUT2D eigenvalue weighted by atomic mass is 10.0. The molecule has 0 aliphatic rings. The van der Waals surface area contributed by atoms with Crippen LogP contribution in [0.5, 0.6) is 0 Å². The quantitative estimate of drug-likeness (QED) is 0.675. The Hall–Kier alpha value is -1.88. The summed E-state index contributed by atoms with van der Waals surface area (Å²) in [5.41, 5.74) is 1.67. The van der Waals surface area contributed by atoms with Crippen LogP contribution in [0, 0.1) is 5.92 Å². The fraction of sp³-hybridized carbons (Fsp3) is 0.529. The van der Waals surface area contributed by atoms with Gasteiger partial charge in [-0.05, 0) is 30.4 Å². The second-order valence-corrected chi connectivity index (χ2v) is 5.84. The van der Waals surface area contributed by atoms with Crippen LogP contribution in [-0.2, 0) is 16.0 Å². The molecule has 3 N–H and O–H groups in total. The van der Waals surface area contributed by atoms with Gasteiger partial charge in [0, 0.05) is 5.69 Å². The van der Waals surface area contributed by atoms with Crippen molar-refractivity contribution in [2.75, 3.05) is 11.9 Å². The van der Waals surface area contributed by atoms with Crippen molar-refractivity contribution in [2.45, 2.75) is 46.1 Å². The van der Waals surface area contributed by atoms with Crippen molar-refractivity contribution in [1.82, 2.24) is 5.32 Å². The van der Waals surface area contributed by atoms with Crippen LogP contribution in [-0.4, -0.2) is 29.6 Å². The summed E-state index contributed by atoms with van der Waals surface area (Å²) >= 11 is 0. The summed E-state index contributed by atoms with van der Waals surface area (Å²) in [4.78, 5) is 23.9. The summed E-state index contributed by atoms with van der Waals surface area (Å²) in [5.74, 6) is -1.09. The standard InChI is InChI=1S/C17H26N2O3/c1-4-7-13-8-5-6-9-15(13)19-17(22)16(21)18-14(11-20)10-12(2)3/h5-6,8-9,12,14,20H,4,7,10-11H2,1-3H3,(H,18,21)(H,19,22). The van der Waals surface area contributed by atoms with E-state index in [0.717, 1.165) is 18.4 Å². The first-order valence-corrected chi connectivity index (χ1v) is 7.78. The zero-order valence-corrected chi connectivity index (χ0v) is 13.6. The number of hydrogen-bond donors (Lipinski definition) is 3. The molecule has 0 bridgehead atoms. The van der Waals surface area contributed by atoms with Gasteiger partial charge in [-0.25, -0.2) is 0 Å². The number of carbonyl (C=O) groups excluding carboxylic acids is 2. The number of carbonyl (C=O) groups is 2. The number of aliphatic hydroxyl groups is 1. The number of amides is 2. The van der Waals surface area contributed by atoms with E-state index in [1.54, 1.807) is 6.07 Å². The zero-order chi connectivity index (χ0) is 16.5. The third-order valence-electron chi connectivity index (χ3n) is 3.30. The van der Waals surface area contributed by atoms with E-state index in [9.17, 15) is 14.7 Å². The van der Waals surface area contributed by atoms with Crippen molar-refractivity contribution in [3.8, 4) is 0 Å². The van der Waals surface area contributed by atoms with Crippen LogP contribution < -0.4 is 10.6 Å². The third kappa shape index (κ3) is 5.85. The lowest BCUT2D eigenvalue weighted by Gasteiger charge is -2.18. The number of anilines is 1. The molecular formula is C17H26N2O3.